The Balaban J connectivity index is 1.84. The minimum Gasteiger partial charge on any atom is -0.463 e. The Morgan fingerprint density at radius 3 is 2.88 bits per heavy atom. The topological polar surface area (TPSA) is 58.4 Å². The maximum atomic E-state index is 12.1. The van der Waals surface area contributed by atoms with Crippen molar-refractivity contribution in [3.63, 3.8) is 0 Å². The van der Waals surface area contributed by atoms with Gasteiger partial charge < -0.3 is 4.42 Å². The van der Waals surface area contributed by atoms with Gasteiger partial charge >= 0.3 is 0 Å². The van der Waals surface area contributed by atoms with Crippen LogP contribution in [0.3, 0.4) is 0 Å². The van der Waals surface area contributed by atoms with Gasteiger partial charge in [-0.15, -0.1) is 0 Å². The number of para-hydroxylation sites is 1. The highest BCUT2D eigenvalue weighted by Gasteiger charge is 2.31. The first-order valence-corrected chi connectivity index (χ1v) is 8.30. The first-order chi connectivity index (χ1) is 12.0. The molecule has 2 aromatic heterocycles. The van der Waals surface area contributed by atoms with Crippen molar-refractivity contribution in [3.8, 4) is 0 Å². The Morgan fingerprint density at radius 1 is 1.32 bits per heavy atom. The molecular weight excluding hydrogens is 338 g/mol. The Kier molecular flexibility index (Phi) is 3.73. The van der Waals surface area contributed by atoms with E-state index in [4.69, 9.17) is 16.0 Å². The van der Waals surface area contributed by atoms with Gasteiger partial charge in [-0.2, -0.15) is 0 Å². The zero-order valence-electron chi connectivity index (χ0n) is 13.8. The summed E-state index contributed by atoms with van der Waals surface area (Å²) in [6.45, 7) is 3.50. The van der Waals surface area contributed by atoms with E-state index in [0.29, 0.717) is 10.9 Å². The third-order valence-corrected chi connectivity index (χ3v) is 4.62. The lowest BCUT2D eigenvalue weighted by atomic mass is 10.0. The number of hydrazine groups is 1. The van der Waals surface area contributed by atoms with Crippen LogP contribution in [0, 0.1) is 6.92 Å². The van der Waals surface area contributed by atoms with Gasteiger partial charge in [0.1, 0.15) is 11.2 Å². The molecule has 4 rings (SSSR count). The summed E-state index contributed by atoms with van der Waals surface area (Å²) in [6.07, 6.45) is 3.52. The van der Waals surface area contributed by atoms with Crippen molar-refractivity contribution in [2.24, 2.45) is 0 Å². The standard InChI is InChI=1S/C19H16ClN3O2/c1-11-5-3-6-13-9-14(19(20)21-18(11)13)16-10-15(17-7-4-8-25-17)22-23(16)12(2)24/h3-10,16,22H,1-2H3/t16-/m1/s1. The van der Waals surface area contributed by atoms with Crippen LogP contribution in [0.5, 0.6) is 0 Å². The number of carbonyl (C=O) groups is 1. The van der Waals surface area contributed by atoms with Crippen molar-refractivity contribution in [2.75, 3.05) is 0 Å². The number of hydrogen-bond acceptors (Lipinski definition) is 4. The number of amides is 1. The lowest BCUT2D eigenvalue weighted by Crippen LogP contribution is -2.38. The summed E-state index contributed by atoms with van der Waals surface area (Å²) in [6, 6.07) is 11.2. The molecule has 0 aliphatic carbocycles. The quantitative estimate of drug-likeness (QED) is 0.700. The summed E-state index contributed by atoms with van der Waals surface area (Å²) >= 11 is 6.47. The number of fused-ring (bicyclic) bond motifs is 1. The summed E-state index contributed by atoms with van der Waals surface area (Å²) < 4.78 is 5.43. The fraction of sp³-hybridized carbons (Fsp3) is 0.158. The number of aromatic nitrogens is 1. The number of carbonyl (C=O) groups excluding carboxylic acids is 1. The van der Waals surface area contributed by atoms with E-state index in [-0.39, 0.29) is 11.9 Å². The van der Waals surface area contributed by atoms with E-state index in [0.717, 1.165) is 27.7 Å². The summed E-state index contributed by atoms with van der Waals surface area (Å²) in [5.41, 5.74) is 6.52. The molecule has 0 radical (unpaired) electrons. The largest absolute Gasteiger partial charge is 0.463 e. The molecule has 3 heterocycles. The average Bonchev–Trinajstić information content (AvgIpc) is 3.24. The number of hydrogen-bond donors (Lipinski definition) is 1. The normalized spacial score (nSPS) is 16.8. The second-order valence-corrected chi connectivity index (χ2v) is 6.38. The molecule has 1 aliphatic heterocycles. The lowest BCUT2D eigenvalue weighted by molar-refractivity contribution is -0.132. The van der Waals surface area contributed by atoms with E-state index in [1.807, 2.05) is 43.3 Å². The van der Waals surface area contributed by atoms with Crippen molar-refractivity contribution in [1.82, 2.24) is 15.4 Å². The fourth-order valence-electron chi connectivity index (χ4n) is 3.09. The second-order valence-electron chi connectivity index (χ2n) is 6.02. The van der Waals surface area contributed by atoms with Crippen LogP contribution in [0.25, 0.3) is 16.6 Å². The molecule has 1 amide bonds. The van der Waals surface area contributed by atoms with Gasteiger partial charge in [-0.05, 0) is 36.8 Å². The molecule has 0 fully saturated rings. The summed E-state index contributed by atoms with van der Waals surface area (Å²) in [7, 11) is 0. The van der Waals surface area contributed by atoms with Gasteiger partial charge in [-0.1, -0.05) is 29.8 Å². The Morgan fingerprint density at radius 2 is 2.16 bits per heavy atom. The number of pyridine rings is 1. The molecule has 1 atom stereocenters. The van der Waals surface area contributed by atoms with Gasteiger partial charge in [0.2, 0.25) is 5.91 Å². The Bertz CT molecular complexity index is 995. The lowest BCUT2D eigenvalue weighted by Gasteiger charge is -2.24. The number of benzene rings is 1. The van der Waals surface area contributed by atoms with E-state index in [1.54, 1.807) is 12.3 Å². The minimum atomic E-state index is -0.359. The van der Waals surface area contributed by atoms with Gasteiger partial charge in [0.25, 0.3) is 0 Å². The molecule has 3 aromatic rings. The van der Waals surface area contributed by atoms with E-state index in [2.05, 4.69) is 10.4 Å². The van der Waals surface area contributed by atoms with Crippen LogP contribution in [-0.2, 0) is 4.79 Å². The van der Waals surface area contributed by atoms with Crippen LogP contribution >= 0.6 is 11.6 Å². The van der Waals surface area contributed by atoms with Gasteiger partial charge in [0, 0.05) is 17.9 Å². The highest BCUT2D eigenvalue weighted by atomic mass is 35.5. The molecule has 1 aromatic carbocycles. The molecule has 0 spiro atoms. The third kappa shape index (κ3) is 2.66. The monoisotopic (exact) mass is 353 g/mol. The van der Waals surface area contributed by atoms with Gasteiger partial charge in [-0.25, -0.2) is 9.99 Å². The Labute approximate surface area is 149 Å². The molecule has 0 bridgehead atoms. The van der Waals surface area contributed by atoms with Crippen LogP contribution in [-0.4, -0.2) is 15.9 Å². The first kappa shape index (κ1) is 15.7. The smallest absolute Gasteiger partial charge is 0.238 e. The summed E-state index contributed by atoms with van der Waals surface area (Å²) in [4.78, 5) is 16.7. The highest BCUT2D eigenvalue weighted by Crippen LogP contribution is 2.36. The molecule has 6 heteroatoms. The van der Waals surface area contributed by atoms with E-state index in [9.17, 15) is 4.79 Å². The summed E-state index contributed by atoms with van der Waals surface area (Å²) in [5, 5.41) is 2.90. The minimum absolute atomic E-state index is 0.122. The number of nitrogens with one attached hydrogen (secondary N) is 1. The predicted octanol–water partition coefficient (Wildman–Crippen LogP) is 4.24. The first-order valence-electron chi connectivity index (χ1n) is 7.92. The van der Waals surface area contributed by atoms with Crippen molar-refractivity contribution in [3.05, 3.63) is 70.8 Å². The maximum absolute atomic E-state index is 12.1. The van der Waals surface area contributed by atoms with E-state index < -0.39 is 0 Å². The van der Waals surface area contributed by atoms with Gasteiger partial charge in [0.15, 0.2) is 5.76 Å². The van der Waals surface area contributed by atoms with Crippen LogP contribution in [0.2, 0.25) is 5.15 Å². The van der Waals surface area contributed by atoms with Gasteiger partial charge in [-0.3, -0.25) is 10.2 Å². The zero-order valence-corrected chi connectivity index (χ0v) is 14.5. The fourth-order valence-corrected chi connectivity index (χ4v) is 3.34. The molecule has 1 aliphatic rings. The molecule has 25 heavy (non-hydrogen) atoms. The number of nitrogens with zero attached hydrogens (tertiary/aromatic N) is 2. The average molecular weight is 354 g/mol. The van der Waals surface area contributed by atoms with Crippen molar-refractivity contribution in [2.45, 2.75) is 19.9 Å². The van der Waals surface area contributed by atoms with Crippen LogP contribution < -0.4 is 5.43 Å². The van der Waals surface area contributed by atoms with Crippen LogP contribution in [0.4, 0.5) is 0 Å². The number of halogens is 1. The number of aryl methyl sites for hydroxylation is 1. The zero-order chi connectivity index (χ0) is 17.6. The molecule has 0 saturated heterocycles. The van der Waals surface area contributed by atoms with E-state index >= 15 is 0 Å². The summed E-state index contributed by atoms with van der Waals surface area (Å²) in [5.74, 6) is 0.540. The predicted molar refractivity (Wildman–Crippen MR) is 96.6 cm³/mol. The molecular formula is C19H16ClN3O2. The highest BCUT2D eigenvalue weighted by molar-refractivity contribution is 6.30. The molecule has 5 nitrogen and oxygen atoms in total. The molecule has 126 valence electrons. The van der Waals surface area contributed by atoms with Crippen LogP contribution in [0.15, 0.2) is 53.2 Å². The van der Waals surface area contributed by atoms with E-state index in [1.165, 1.54) is 11.9 Å². The maximum Gasteiger partial charge on any atom is 0.238 e. The molecule has 0 unspecified atom stereocenters. The Hall–Kier alpha value is -2.79. The van der Waals surface area contributed by atoms with Crippen molar-refractivity contribution < 1.29 is 9.21 Å². The molecule has 1 N–H and O–H groups in total. The SMILES string of the molecule is CC(=O)N1NC(c2ccco2)=C[C@@H]1c1cc2cccc(C)c2nc1Cl. The molecule has 0 saturated carbocycles. The number of rotatable bonds is 2. The van der Waals surface area contributed by atoms with Crippen LogP contribution in [0.1, 0.15) is 29.9 Å². The number of furan rings is 1. The third-order valence-electron chi connectivity index (χ3n) is 4.32. The van der Waals surface area contributed by atoms with Crippen molar-refractivity contribution in [1.29, 1.82) is 0 Å². The van der Waals surface area contributed by atoms with Crippen molar-refractivity contribution >= 4 is 34.1 Å². The van der Waals surface area contributed by atoms with Gasteiger partial charge in [0.05, 0.1) is 17.5 Å². The second kappa shape index (κ2) is 5.93.